The van der Waals surface area contributed by atoms with Crippen molar-refractivity contribution in [2.75, 3.05) is 27.2 Å². The Balaban J connectivity index is 1.38. The molecule has 0 spiro atoms. The predicted octanol–water partition coefficient (Wildman–Crippen LogP) is 4.35. The van der Waals surface area contributed by atoms with E-state index in [1.165, 1.54) is 41.7 Å². The highest BCUT2D eigenvalue weighted by Crippen LogP contribution is 2.32. The highest BCUT2D eigenvalue weighted by atomic mass is 32.2. The summed E-state index contributed by atoms with van der Waals surface area (Å²) in [7, 11) is -0.933. The van der Waals surface area contributed by atoms with Crippen molar-refractivity contribution in [1.82, 2.24) is 9.62 Å². The van der Waals surface area contributed by atoms with Gasteiger partial charge in [0.25, 0.3) is 0 Å². The van der Waals surface area contributed by atoms with Crippen LogP contribution in [0.1, 0.15) is 47.3 Å². The molecule has 0 aliphatic heterocycles. The number of ether oxygens (including phenoxy) is 1. The molecule has 1 aliphatic rings. The van der Waals surface area contributed by atoms with Crippen molar-refractivity contribution >= 4 is 16.0 Å². The second kappa shape index (κ2) is 12.8. The van der Waals surface area contributed by atoms with Crippen molar-refractivity contribution in [3.63, 3.8) is 0 Å². The van der Waals surface area contributed by atoms with Crippen LogP contribution >= 0.6 is 0 Å². The van der Waals surface area contributed by atoms with Gasteiger partial charge in [-0.15, -0.1) is 0 Å². The van der Waals surface area contributed by atoms with Crippen LogP contribution in [-0.4, -0.2) is 67.8 Å². The fraction of sp³-hybridized carbons (Fsp3) is 0.406. The average Bonchev–Trinajstić information content (AvgIpc) is 3.33. The molecule has 0 saturated heterocycles. The number of methoxy groups -OCH3 is 1. The molecule has 4 rings (SSSR count). The maximum absolute atomic E-state index is 13.4. The Morgan fingerprint density at radius 2 is 1.71 bits per heavy atom. The van der Waals surface area contributed by atoms with Crippen LogP contribution in [0.25, 0.3) is 11.1 Å². The topological polar surface area (TPSA) is 116 Å². The third-order valence-electron chi connectivity index (χ3n) is 7.73. The highest BCUT2D eigenvalue weighted by Gasteiger charge is 2.29. The molecule has 1 aliphatic carbocycles. The summed E-state index contributed by atoms with van der Waals surface area (Å²) in [5.74, 6) is -0.518. The van der Waals surface area contributed by atoms with Crippen LogP contribution in [0, 0.1) is 5.92 Å². The molecule has 3 N–H and O–H groups in total. The van der Waals surface area contributed by atoms with Gasteiger partial charge in [0.05, 0.1) is 23.2 Å². The second-order valence-electron chi connectivity index (χ2n) is 11.6. The van der Waals surface area contributed by atoms with Crippen LogP contribution in [0.5, 0.6) is 0 Å². The number of likely N-dealkylation sites (N-methyl/N-ethyl adjacent to an activating group) is 1. The number of aromatic carboxylic acids is 1. The van der Waals surface area contributed by atoms with Gasteiger partial charge in [-0.25, -0.2) is 13.2 Å². The molecule has 0 fully saturated rings. The monoisotopic (exact) mass is 580 g/mol. The molecular weight excluding hydrogens is 540 g/mol. The van der Waals surface area contributed by atoms with E-state index in [1.807, 2.05) is 0 Å². The third kappa shape index (κ3) is 7.61. The number of benzene rings is 3. The average molecular weight is 581 g/mol. The molecule has 0 aromatic heterocycles. The Hall–Kier alpha value is -3.08. The summed E-state index contributed by atoms with van der Waals surface area (Å²) in [5.41, 5.74) is 4.56. The van der Waals surface area contributed by atoms with Crippen LogP contribution in [0.2, 0.25) is 0 Å². The lowest BCUT2D eigenvalue weighted by atomic mass is 9.88. The molecule has 0 saturated carbocycles. The van der Waals surface area contributed by atoms with E-state index in [2.05, 4.69) is 43.4 Å². The largest absolute Gasteiger partial charge is 0.478 e. The number of hydrogen-bond donors (Lipinski definition) is 3. The van der Waals surface area contributed by atoms with Crippen LogP contribution in [-0.2, 0) is 34.2 Å². The maximum atomic E-state index is 13.4. The standard InChI is InChI=1S/C32H40N2O6S/c1-32(2,18-22-14-23-8-5-6-9-24(23)15-22)33-19-28(35)20-34(3)41(38,39)29-11-7-10-25(17-29)26-12-13-30(31(36)37)27(16-26)21-40-4/h5-13,16-17,22,28,33,35H,14-15,18-21H2,1-4H3,(H,36,37)/t28-/m1/s1. The molecule has 0 heterocycles. The fourth-order valence-electron chi connectivity index (χ4n) is 5.71. The lowest BCUT2D eigenvalue weighted by Gasteiger charge is -2.31. The summed E-state index contributed by atoms with van der Waals surface area (Å²) in [6, 6.07) is 19.9. The fourth-order valence-corrected chi connectivity index (χ4v) is 6.97. The zero-order valence-corrected chi connectivity index (χ0v) is 24.9. The van der Waals surface area contributed by atoms with Crippen molar-refractivity contribution in [3.8, 4) is 11.1 Å². The minimum absolute atomic E-state index is 0.0597. The Morgan fingerprint density at radius 1 is 1.05 bits per heavy atom. The molecule has 3 aromatic rings. The molecule has 0 radical (unpaired) electrons. The van der Waals surface area contributed by atoms with Gasteiger partial charge in [0, 0.05) is 32.8 Å². The number of nitrogens with zero attached hydrogens (tertiary/aromatic N) is 1. The van der Waals surface area contributed by atoms with Crippen molar-refractivity contribution in [1.29, 1.82) is 0 Å². The third-order valence-corrected chi connectivity index (χ3v) is 9.55. The van der Waals surface area contributed by atoms with E-state index in [9.17, 15) is 23.4 Å². The first-order valence-electron chi connectivity index (χ1n) is 13.8. The van der Waals surface area contributed by atoms with E-state index < -0.39 is 22.1 Å². The number of aliphatic hydroxyl groups is 1. The van der Waals surface area contributed by atoms with E-state index >= 15 is 0 Å². The molecule has 220 valence electrons. The summed E-state index contributed by atoms with van der Waals surface area (Å²) in [5, 5.41) is 23.6. The Kier molecular flexibility index (Phi) is 9.66. The van der Waals surface area contributed by atoms with Crippen molar-refractivity contribution in [2.24, 2.45) is 5.92 Å². The van der Waals surface area contributed by atoms with Crippen LogP contribution in [0.4, 0.5) is 0 Å². The Morgan fingerprint density at radius 3 is 2.34 bits per heavy atom. The number of carboxylic acids is 1. The summed E-state index contributed by atoms with van der Waals surface area (Å²) < 4.78 is 33.1. The number of β-amino-alcohol motifs (C(OH)–C–C–N with tert-alkyl or cyclic N) is 1. The smallest absolute Gasteiger partial charge is 0.336 e. The predicted molar refractivity (Wildman–Crippen MR) is 159 cm³/mol. The van der Waals surface area contributed by atoms with Crippen molar-refractivity contribution in [3.05, 3.63) is 89.0 Å². The van der Waals surface area contributed by atoms with Gasteiger partial charge >= 0.3 is 5.97 Å². The number of sulfonamides is 1. The van der Waals surface area contributed by atoms with Gasteiger partial charge in [-0.2, -0.15) is 4.31 Å². The van der Waals surface area contributed by atoms with Crippen LogP contribution in [0.15, 0.2) is 71.6 Å². The number of fused-ring (bicyclic) bond motifs is 1. The SMILES string of the molecule is COCc1cc(-c2cccc(S(=O)(=O)N(C)C[C@H](O)CNC(C)(C)CC3Cc4ccccc4C3)c2)ccc1C(=O)O. The Bertz CT molecular complexity index is 1460. The van der Waals surface area contributed by atoms with Crippen molar-refractivity contribution in [2.45, 2.75) is 56.3 Å². The number of rotatable bonds is 13. The zero-order chi connectivity index (χ0) is 29.8. The minimum atomic E-state index is -3.88. The Labute approximate surface area is 243 Å². The molecular formula is C32H40N2O6S. The normalized spacial score (nSPS) is 14.8. The van der Waals surface area contributed by atoms with E-state index in [0.29, 0.717) is 22.6 Å². The van der Waals surface area contributed by atoms with Crippen LogP contribution < -0.4 is 5.32 Å². The molecule has 0 unspecified atom stereocenters. The second-order valence-corrected chi connectivity index (χ2v) is 13.6. The van der Waals surface area contributed by atoms with E-state index in [0.717, 1.165) is 19.3 Å². The molecule has 9 heteroatoms. The van der Waals surface area contributed by atoms with Crippen molar-refractivity contribution < 1.29 is 28.2 Å². The summed E-state index contributed by atoms with van der Waals surface area (Å²) in [6.07, 6.45) is 2.18. The van der Waals surface area contributed by atoms with E-state index in [-0.39, 0.29) is 35.7 Å². The first kappa shape index (κ1) is 30.9. The number of carboxylic acid groups (broad SMARTS) is 1. The molecule has 41 heavy (non-hydrogen) atoms. The van der Waals surface area contributed by atoms with E-state index in [1.54, 1.807) is 30.3 Å². The van der Waals surface area contributed by atoms with Gasteiger partial charge in [-0.1, -0.05) is 42.5 Å². The number of aliphatic hydroxyl groups excluding tert-OH is 1. The van der Waals surface area contributed by atoms with Gasteiger partial charge in [0.2, 0.25) is 10.0 Å². The summed E-state index contributed by atoms with van der Waals surface area (Å²) >= 11 is 0. The van der Waals surface area contributed by atoms with Crippen LogP contribution in [0.3, 0.4) is 0 Å². The lowest BCUT2D eigenvalue weighted by molar-refractivity contribution is 0.0692. The van der Waals surface area contributed by atoms with Gasteiger partial charge in [-0.05, 0) is 91.1 Å². The molecule has 8 nitrogen and oxygen atoms in total. The minimum Gasteiger partial charge on any atom is -0.478 e. The summed E-state index contributed by atoms with van der Waals surface area (Å²) in [4.78, 5) is 11.6. The number of carbonyl (C=O) groups is 1. The van der Waals surface area contributed by atoms with Gasteiger partial charge < -0.3 is 20.3 Å². The molecule has 3 aromatic carbocycles. The number of nitrogens with one attached hydrogen (secondary N) is 1. The highest BCUT2D eigenvalue weighted by molar-refractivity contribution is 7.89. The molecule has 0 bridgehead atoms. The first-order valence-corrected chi connectivity index (χ1v) is 15.3. The molecule has 0 amide bonds. The van der Waals surface area contributed by atoms with E-state index in [4.69, 9.17) is 4.74 Å². The number of hydrogen-bond acceptors (Lipinski definition) is 6. The van der Waals surface area contributed by atoms with Gasteiger partial charge in [0.15, 0.2) is 0 Å². The molecule has 1 atom stereocenters. The first-order chi connectivity index (χ1) is 19.4. The van der Waals surface area contributed by atoms with Gasteiger partial charge in [0.1, 0.15) is 0 Å². The zero-order valence-electron chi connectivity index (χ0n) is 24.1. The summed E-state index contributed by atoms with van der Waals surface area (Å²) in [6.45, 7) is 4.57. The maximum Gasteiger partial charge on any atom is 0.336 e. The quantitative estimate of drug-likeness (QED) is 0.275. The van der Waals surface area contributed by atoms with Gasteiger partial charge in [-0.3, -0.25) is 0 Å². The lowest BCUT2D eigenvalue weighted by Crippen LogP contribution is -2.47.